The SMILES string of the molecule is Cc1cccc(CC(=O)N(CCCn2ccnc2)c2nc3cc(C)cc(C)c3s2)c1. The van der Waals surface area contributed by atoms with Crippen LogP contribution in [0.3, 0.4) is 0 Å². The molecule has 6 heteroatoms. The number of nitrogens with zero attached hydrogens (tertiary/aromatic N) is 4. The highest BCUT2D eigenvalue weighted by atomic mass is 32.1. The predicted octanol–water partition coefficient (Wildman–Crippen LogP) is 5.08. The molecule has 2 aromatic heterocycles. The van der Waals surface area contributed by atoms with E-state index in [1.165, 1.54) is 11.1 Å². The largest absolute Gasteiger partial charge is 0.337 e. The molecule has 0 saturated heterocycles. The minimum atomic E-state index is 0.0830. The van der Waals surface area contributed by atoms with Crippen LogP contribution < -0.4 is 4.90 Å². The van der Waals surface area contributed by atoms with E-state index in [1.807, 2.05) is 34.1 Å². The second-order valence-corrected chi connectivity index (χ2v) is 8.77. The van der Waals surface area contributed by atoms with Crippen LogP contribution in [0.1, 0.15) is 28.7 Å². The van der Waals surface area contributed by atoms with Gasteiger partial charge in [-0.05, 0) is 49.9 Å². The maximum absolute atomic E-state index is 13.3. The molecule has 1 amide bonds. The van der Waals surface area contributed by atoms with Crippen LogP contribution in [-0.4, -0.2) is 27.0 Å². The van der Waals surface area contributed by atoms with Crippen molar-refractivity contribution in [3.05, 3.63) is 77.4 Å². The van der Waals surface area contributed by atoms with Crippen molar-refractivity contribution in [2.45, 2.75) is 40.2 Å². The van der Waals surface area contributed by atoms with Crippen LogP contribution in [0.15, 0.2) is 55.1 Å². The Morgan fingerprint density at radius 2 is 2.00 bits per heavy atom. The summed E-state index contributed by atoms with van der Waals surface area (Å²) in [5.74, 6) is 0.0830. The van der Waals surface area contributed by atoms with E-state index in [1.54, 1.807) is 17.5 Å². The van der Waals surface area contributed by atoms with Gasteiger partial charge in [-0.1, -0.05) is 47.2 Å². The van der Waals surface area contributed by atoms with Crippen LogP contribution in [-0.2, 0) is 17.8 Å². The van der Waals surface area contributed by atoms with Crippen LogP contribution in [0.2, 0.25) is 0 Å². The van der Waals surface area contributed by atoms with Gasteiger partial charge in [0.1, 0.15) is 0 Å². The number of benzene rings is 2. The molecule has 0 spiro atoms. The fraction of sp³-hybridized carbons (Fsp3) is 0.292. The van der Waals surface area contributed by atoms with Gasteiger partial charge in [0.25, 0.3) is 0 Å². The maximum atomic E-state index is 13.3. The molecule has 2 aromatic carbocycles. The lowest BCUT2D eigenvalue weighted by atomic mass is 10.1. The summed E-state index contributed by atoms with van der Waals surface area (Å²) >= 11 is 1.61. The van der Waals surface area contributed by atoms with E-state index in [4.69, 9.17) is 4.98 Å². The fourth-order valence-electron chi connectivity index (χ4n) is 3.73. The number of rotatable bonds is 7. The lowest BCUT2D eigenvalue weighted by Crippen LogP contribution is -2.33. The van der Waals surface area contributed by atoms with E-state index in [0.29, 0.717) is 13.0 Å². The van der Waals surface area contributed by atoms with Gasteiger partial charge in [-0.3, -0.25) is 9.69 Å². The first-order valence-corrected chi connectivity index (χ1v) is 11.0. The van der Waals surface area contributed by atoms with Gasteiger partial charge < -0.3 is 4.57 Å². The molecule has 154 valence electrons. The number of thiazole rings is 1. The van der Waals surface area contributed by atoms with E-state index in [2.05, 4.69) is 50.0 Å². The Bertz CT molecular complexity index is 1160. The molecule has 0 fully saturated rings. The van der Waals surface area contributed by atoms with Crippen molar-refractivity contribution < 1.29 is 4.79 Å². The molecule has 0 aliphatic rings. The van der Waals surface area contributed by atoms with Crippen molar-refractivity contribution in [1.82, 2.24) is 14.5 Å². The number of hydrogen-bond acceptors (Lipinski definition) is 4. The third kappa shape index (κ3) is 4.60. The molecule has 0 bridgehead atoms. The molecule has 0 aliphatic carbocycles. The second-order valence-electron chi connectivity index (χ2n) is 7.79. The summed E-state index contributed by atoms with van der Waals surface area (Å²) in [7, 11) is 0. The smallest absolute Gasteiger partial charge is 0.233 e. The van der Waals surface area contributed by atoms with Gasteiger partial charge >= 0.3 is 0 Å². The first kappa shape index (κ1) is 20.3. The molecule has 0 aliphatic heterocycles. The molecule has 0 atom stereocenters. The Hall–Kier alpha value is -2.99. The highest BCUT2D eigenvalue weighted by molar-refractivity contribution is 7.22. The normalized spacial score (nSPS) is 11.2. The third-order valence-electron chi connectivity index (χ3n) is 5.14. The van der Waals surface area contributed by atoms with Crippen LogP contribution >= 0.6 is 11.3 Å². The Morgan fingerprint density at radius 1 is 1.13 bits per heavy atom. The van der Waals surface area contributed by atoms with E-state index in [-0.39, 0.29) is 5.91 Å². The highest BCUT2D eigenvalue weighted by Crippen LogP contribution is 2.32. The van der Waals surface area contributed by atoms with Crippen molar-refractivity contribution in [3.8, 4) is 0 Å². The van der Waals surface area contributed by atoms with Crippen molar-refractivity contribution in [3.63, 3.8) is 0 Å². The Balaban J connectivity index is 1.60. The van der Waals surface area contributed by atoms with Gasteiger partial charge in [-0.2, -0.15) is 0 Å². The maximum Gasteiger partial charge on any atom is 0.233 e. The Morgan fingerprint density at radius 3 is 2.77 bits per heavy atom. The highest BCUT2D eigenvalue weighted by Gasteiger charge is 2.20. The van der Waals surface area contributed by atoms with E-state index in [9.17, 15) is 4.79 Å². The van der Waals surface area contributed by atoms with Crippen molar-refractivity contribution >= 4 is 32.6 Å². The minimum Gasteiger partial charge on any atom is -0.337 e. The molecule has 4 rings (SSSR count). The molecule has 0 saturated carbocycles. The lowest BCUT2D eigenvalue weighted by Gasteiger charge is -2.20. The van der Waals surface area contributed by atoms with Crippen molar-refractivity contribution in [2.24, 2.45) is 0 Å². The van der Waals surface area contributed by atoms with Gasteiger partial charge in [-0.25, -0.2) is 9.97 Å². The minimum absolute atomic E-state index is 0.0830. The standard InChI is InChI=1S/C24H26N4OS/c1-17-6-4-7-20(13-17)15-22(29)28(10-5-9-27-11-8-25-16-27)24-26-21-14-18(2)12-19(3)23(21)30-24/h4,6-8,11-14,16H,5,9-10,15H2,1-3H3. The molecular weight excluding hydrogens is 392 g/mol. The lowest BCUT2D eigenvalue weighted by molar-refractivity contribution is -0.118. The fourth-order valence-corrected chi connectivity index (χ4v) is 4.79. The number of fused-ring (bicyclic) bond motifs is 1. The quantitative estimate of drug-likeness (QED) is 0.420. The predicted molar refractivity (Wildman–Crippen MR) is 123 cm³/mol. The summed E-state index contributed by atoms with van der Waals surface area (Å²) in [5, 5.41) is 0.780. The number of aryl methyl sites for hydroxylation is 4. The summed E-state index contributed by atoms with van der Waals surface area (Å²) in [5.41, 5.74) is 5.56. The summed E-state index contributed by atoms with van der Waals surface area (Å²) in [4.78, 5) is 24.1. The van der Waals surface area contributed by atoms with Crippen molar-refractivity contribution in [2.75, 3.05) is 11.4 Å². The van der Waals surface area contributed by atoms with E-state index in [0.717, 1.165) is 39.4 Å². The van der Waals surface area contributed by atoms with Gasteiger partial charge in [0, 0.05) is 25.5 Å². The molecule has 0 N–H and O–H groups in total. The number of anilines is 1. The summed E-state index contributed by atoms with van der Waals surface area (Å²) in [6.45, 7) is 7.68. The zero-order chi connectivity index (χ0) is 21.1. The Kier molecular flexibility index (Phi) is 5.95. The van der Waals surface area contributed by atoms with Crippen LogP contribution in [0.5, 0.6) is 0 Å². The van der Waals surface area contributed by atoms with E-state index < -0.39 is 0 Å². The number of hydrogen-bond donors (Lipinski definition) is 0. The Labute approximate surface area is 181 Å². The molecule has 0 radical (unpaired) electrons. The molecule has 0 unspecified atom stereocenters. The monoisotopic (exact) mass is 418 g/mol. The van der Waals surface area contributed by atoms with E-state index >= 15 is 0 Å². The molecule has 2 heterocycles. The molecule has 5 nitrogen and oxygen atoms in total. The third-order valence-corrected chi connectivity index (χ3v) is 6.37. The van der Waals surface area contributed by atoms with Gasteiger partial charge in [0.05, 0.1) is 23.0 Å². The number of aromatic nitrogens is 3. The molecule has 30 heavy (non-hydrogen) atoms. The van der Waals surface area contributed by atoms with Crippen LogP contribution in [0, 0.1) is 20.8 Å². The van der Waals surface area contributed by atoms with Crippen LogP contribution in [0.25, 0.3) is 10.2 Å². The zero-order valence-corrected chi connectivity index (χ0v) is 18.4. The topological polar surface area (TPSA) is 51.0 Å². The summed E-state index contributed by atoms with van der Waals surface area (Å²) in [6.07, 6.45) is 6.75. The molecule has 4 aromatic rings. The first-order chi connectivity index (χ1) is 14.5. The van der Waals surface area contributed by atoms with Gasteiger partial charge in [0.15, 0.2) is 5.13 Å². The van der Waals surface area contributed by atoms with Crippen molar-refractivity contribution in [1.29, 1.82) is 0 Å². The average Bonchev–Trinajstić information content (AvgIpc) is 3.35. The zero-order valence-electron chi connectivity index (χ0n) is 17.6. The second kappa shape index (κ2) is 8.79. The summed E-state index contributed by atoms with van der Waals surface area (Å²) in [6, 6.07) is 12.4. The average molecular weight is 419 g/mol. The van der Waals surface area contributed by atoms with Gasteiger partial charge in [-0.15, -0.1) is 0 Å². The van der Waals surface area contributed by atoms with Crippen LogP contribution in [0.4, 0.5) is 5.13 Å². The number of imidazole rings is 1. The summed E-state index contributed by atoms with van der Waals surface area (Å²) < 4.78 is 3.19. The number of carbonyl (C=O) groups is 1. The number of amides is 1. The first-order valence-electron chi connectivity index (χ1n) is 10.2. The van der Waals surface area contributed by atoms with Gasteiger partial charge in [0.2, 0.25) is 5.91 Å². The molecular formula is C24H26N4OS. The number of carbonyl (C=O) groups excluding carboxylic acids is 1.